The number of hydrogen-bond donors (Lipinski definition) is 0. The van der Waals surface area contributed by atoms with Crippen molar-refractivity contribution in [1.29, 1.82) is 0 Å². The van der Waals surface area contributed by atoms with Crippen LogP contribution in [-0.2, 0) is 12.3 Å². The van der Waals surface area contributed by atoms with Crippen LogP contribution >= 0.6 is 35.0 Å². The van der Waals surface area contributed by atoms with Crippen molar-refractivity contribution in [1.82, 2.24) is 9.55 Å². The molecular formula is C18H24Cl2N2S. The number of halogens is 2. The first kappa shape index (κ1) is 18.7. The molecule has 2 rings (SSSR count). The first-order chi connectivity index (χ1) is 11.2. The minimum absolute atomic E-state index is 0.593. The van der Waals surface area contributed by atoms with Gasteiger partial charge in [0.15, 0.2) is 0 Å². The van der Waals surface area contributed by atoms with Crippen LogP contribution in [0.4, 0.5) is 0 Å². The Labute approximate surface area is 153 Å². The summed E-state index contributed by atoms with van der Waals surface area (Å²) in [5.74, 6) is 0.962. The molecule has 0 fully saturated rings. The van der Waals surface area contributed by atoms with E-state index in [0.717, 1.165) is 12.3 Å². The summed E-state index contributed by atoms with van der Waals surface area (Å²) in [4.78, 5) is 4.15. The van der Waals surface area contributed by atoms with Crippen LogP contribution in [0.1, 0.15) is 44.6 Å². The Bertz CT molecular complexity index is 572. The fourth-order valence-corrected chi connectivity index (χ4v) is 4.04. The number of thioether (sulfide) groups is 1. The lowest BCUT2D eigenvalue weighted by atomic mass is 10.1. The van der Waals surface area contributed by atoms with Crippen molar-refractivity contribution in [2.45, 2.75) is 56.6 Å². The Kier molecular flexibility index (Phi) is 8.35. The lowest BCUT2D eigenvalue weighted by molar-refractivity contribution is 0.569. The molecule has 23 heavy (non-hydrogen) atoms. The van der Waals surface area contributed by atoms with Crippen molar-refractivity contribution in [3.63, 3.8) is 0 Å². The predicted molar refractivity (Wildman–Crippen MR) is 103 cm³/mol. The molecule has 0 radical (unpaired) electrons. The third-order valence-corrected chi connectivity index (χ3v) is 5.92. The van der Waals surface area contributed by atoms with E-state index in [1.165, 1.54) is 37.7 Å². The van der Waals surface area contributed by atoms with Gasteiger partial charge in [0, 0.05) is 29.9 Å². The van der Waals surface area contributed by atoms with Crippen molar-refractivity contribution in [3.05, 3.63) is 52.5 Å². The Morgan fingerprint density at radius 2 is 2.04 bits per heavy atom. The molecule has 0 saturated carbocycles. The normalized spacial score (nSPS) is 12.5. The second kappa shape index (κ2) is 10.3. The van der Waals surface area contributed by atoms with Gasteiger partial charge in [0.05, 0.1) is 16.4 Å². The van der Waals surface area contributed by atoms with Crippen LogP contribution in [0.5, 0.6) is 0 Å². The first-order valence-corrected chi connectivity index (χ1v) is 10.0. The third kappa shape index (κ3) is 6.78. The van der Waals surface area contributed by atoms with Gasteiger partial charge in [-0.05, 0) is 24.1 Å². The lowest BCUT2D eigenvalue weighted by Gasteiger charge is -2.17. The van der Waals surface area contributed by atoms with Crippen LogP contribution in [0.25, 0.3) is 0 Å². The molecule has 0 saturated heterocycles. The molecule has 5 heteroatoms. The van der Waals surface area contributed by atoms with Crippen LogP contribution in [0.15, 0.2) is 36.9 Å². The Morgan fingerprint density at radius 3 is 2.74 bits per heavy atom. The van der Waals surface area contributed by atoms with Crippen molar-refractivity contribution in [2.75, 3.05) is 0 Å². The molecule has 1 atom stereocenters. The van der Waals surface area contributed by atoms with E-state index in [1.54, 1.807) is 0 Å². The summed E-state index contributed by atoms with van der Waals surface area (Å²) in [6, 6.07) is 5.92. The SMILES string of the molecule is CCCCCCC(Cn1ccnc1)SCc1ccc(Cl)c(Cl)c1. The molecule has 126 valence electrons. The van der Waals surface area contributed by atoms with Gasteiger partial charge in [-0.2, -0.15) is 11.8 Å². The van der Waals surface area contributed by atoms with E-state index in [2.05, 4.69) is 22.5 Å². The van der Waals surface area contributed by atoms with E-state index >= 15 is 0 Å². The zero-order chi connectivity index (χ0) is 16.5. The van der Waals surface area contributed by atoms with Crippen molar-refractivity contribution >= 4 is 35.0 Å². The van der Waals surface area contributed by atoms with Gasteiger partial charge < -0.3 is 4.57 Å². The van der Waals surface area contributed by atoms with Gasteiger partial charge in [-0.1, -0.05) is 61.9 Å². The molecule has 1 unspecified atom stereocenters. The van der Waals surface area contributed by atoms with Gasteiger partial charge in [0.2, 0.25) is 0 Å². The molecule has 0 bridgehead atoms. The summed E-state index contributed by atoms with van der Waals surface area (Å²) in [5.41, 5.74) is 1.23. The molecule has 0 amide bonds. The van der Waals surface area contributed by atoms with E-state index in [1.807, 2.05) is 42.6 Å². The maximum Gasteiger partial charge on any atom is 0.0946 e. The van der Waals surface area contributed by atoms with Crippen LogP contribution in [0.3, 0.4) is 0 Å². The first-order valence-electron chi connectivity index (χ1n) is 8.20. The minimum Gasteiger partial charge on any atom is -0.336 e. The standard InChI is InChI=1S/C18H24Cl2N2S/c1-2-3-4-5-6-16(12-22-10-9-21-14-22)23-13-15-7-8-17(19)18(20)11-15/h7-11,14,16H,2-6,12-13H2,1H3. The Balaban J connectivity index is 1.88. The largest absolute Gasteiger partial charge is 0.336 e. The van der Waals surface area contributed by atoms with Gasteiger partial charge in [0.25, 0.3) is 0 Å². The van der Waals surface area contributed by atoms with Gasteiger partial charge >= 0.3 is 0 Å². The summed E-state index contributed by atoms with van der Waals surface area (Å²) >= 11 is 14.1. The number of nitrogens with zero attached hydrogens (tertiary/aromatic N) is 2. The van der Waals surface area contributed by atoms with E-state index < -0.39 is 0 Å². The van der Waals surface area contributed by atoms with Gasteiger partial charge in [0.1, 0.15) is 0 Å². The van der Waals surface area contributed by atoms with Crippen LogP contribution in [-0.4, -0.2) is 14.8 Å². The smallest absolute Gasteiger partial charge is 0.0946 e. The molecule has 0 aliphatic carbocycles. The molecule has 1 aromatic carbocycles. The maximum atomic E-state index is 6.11. The molecule has 0 N–H and O–H groups in total. The zero-order valence-corrected chi connectivity index (χ0v) is 15.9. The van der Waals surface area contributed by atoms with Gasteiger partial charge in [-0.25, -0.2) is 4.98 Å². The molecule has 0 spiro atoms. The summed E-state index contributed by atoms with van der Waals surface area (Å²) in [6.45, 7) is 3.26. The molecule has 1 heterocycles. The third-order valence-electron chi connectivity index (χ3n) is 3.82. The van der Waals surface area contributed by atoms with E-state index in [-0.39, 0.29) is 0 Å². The monoisotopic (exact) mass is 370 g/mol. The summed E-state index contributed by atoms with van der Waals surface area (Å²) in [7, 11) is 0. The summed E-state index contributed by atoms with van der Waals surface area (Å²) in [5, 5.41) is 1.85. The quantitative estimate of drug-likeness (QED) is 0.446. The van der Waals surface area contributed by atoms with Crippen LogP contribution in [0, 0.1) is 0 Å². The highest BCUT2D eigenvalue weighted by atomic mass is 35.5. The fourth-order valence-electron chi connectivity index (χ4n) is 2.50. The van der Waals surface area contributed by atoms with Crippen molar-refractivity contribution in [3.8, 4) is 0 Å². The number of hydrogen-bond acceptors (Lipinski definition) is 2. The number of rotatable bonds is 10. The number of aromatic nitrogens is 2. The van der Waals surface area contributed by atoms with E-state index in [0.29, 0.717) is 15.3 Å². The average Bonchev–Trinajstić information content (AvgIpc) is 3.05. The summed E-state index contributed by atoms with van der Waals surface area (Å²) < 4.78 is 2.17. The highest BCUT2D eigenvalue weighted by molar-refractivity contribution is 7.99. The molecule has 2 aromatic rings. The highest BCUT2D eigenvalue weighted by Gasteiger charge is 2.11. The number of benzene rings is 1. The van der Waals surface area contributed by atoms with E-state index in [9.17, 15) is 0 Å². The number of unbranched alkanes of at least 4 members (excludes halogenated alkanes) is 3. The molecule has 2 nitrogen and oxygen atoms in total. The van der Waals surface area contributed by atoms with Crippen molar-refractivity contribution < 1.29 is 0 Å². The Hall–Kier alpha value is -0.640. The zero-order valence-electron chi connectivity index (χ0n) is 13.5. The molecule has 1 aromatic heterocycles. The predicted octanol–water partition coefficient (Wildman–Crippen LogP) is 6.46. The molecule has 0 aliphatic rings. The molecule has 0 aliphatic heterocycles. The highest BCUT2D eigenvalue weighted by Crippen LogP contribution is 2.28. The average molecular weight is 371 g/mol. The lowest BCUT2D eigenvalue weighted by Crippen LogP contribution is -2.12. The van der Waals surface area contributed by atoms with Gasteiger partial charge in [-0.3, -0.25) is 0 Å². The fraction of sp³-hybridized carbons (Fsp3) is 0.500. The van der Waals surface area contributed by atoms with E-state index in [4.69, 9.17) is 23.2 Å². The van der Waals surface area contributed by atoms with Crippen LogP contribution in [0.2, 0.25) is 10.0 Å². The summed E-state index contributed by atoms with van der Waals surface area (Å²) in [6.07, 6.45) is 12.3. The Morgan fingerprint density at radius 1 is 1.17 bits per heavy atom. The second-order valence-electron chi connectivity index (χ2n) is 5.79. The minimum atomic E-state index is 0.593. The second-order valence-corrected chi connectivity index (χ2v) is 7.89. The van der Waals surface area contributed by atoms with Crippen LogP contribution < -0.4 is 0 Å². The molecular weight excluding hydrogens is 347 g/mol. The van der Waals surface area contributed by atoms with Gasteiger partial charge in [-0.15, -0.1) is 0 Å². The van der Waals surface area contributed by atoms with Crippen molar-refractivity contribution in [2.24, 2.45) is 0 Å². The topological polar surface area (TPSA) is 17.8 Å². The number of imidazole rings is 1. The maximum absolute atomic E-state index is 6.11.